The lowest BCUT2D eigenvalue weighted by atomic mass is 10.0. The summed E-state index contributed by atoms with van der Waals surface area (Å²) in [6.07, 6.45) is 0. The van der Waals surface area contributed by atoms with Crippen molar-refractivity contribution in [3.8, 4) is 0 Å². The van der Waals surface area contributed by atoms with E-state index in [0.717, 1.165) is 0 Å². The average Bonchev–Trinajstić information content (AvgIpc) is 3.00. The van der Waals surface area contributed by atoms with Gasteiger partial charge in [-0.15, -0.1) is 0 Å². The molecule has 0 unspecified atom stereocenters. The zero-order chi connectivity index (χ0) is 23.9. The van der Waals surface area contributed by atoms with Crippen molar-refractivity contribution in [2.24, 2.45) is 5.92 Å². The molecule has 168 valence electrons. The molecule has 1 aliphatic rings. The van der Waals surface area contributed by atoms with Crippen LogP contribution in [0.5, 0.6) is 0 Å². The molecule has 3 rings (SSSR count). The molecule has 6 nitrogen and oxygen atoms in total. The molecule has 0 N–H and O–H groups in total. The summed E-state index contributed by atoms with van der Waals surface area (Å²) in [7, 11) is 0. The SMILES string of the molecule is CC(C)[C@H](C(=O)OCC(=O)c1ccc(Cl)cc1)N1C(=O)c2c(Cl)c(Cl)c(Cl)c(Cl)c2C1=O. The number of rotatable bonds is 6. The number of esters is 1. The predicted molar refractivity (Wildman–Crippen MR) is 122 cm³/mol. The van der Waals surface area contributed by atoms with Crippen LogP contribution in [-0.4, -0.2) is 41.1 Å². The Hall–Kier alpha value is -1.83. The van der Waals surface area contributed by atoms with Crippen LogP contribution in [0.2, 0.25) is 25.1 Å². The maximum Gasteiger partial charge on any atom is 0.330 e. The van der Waals surface area contributed by atoms with Crippen molar-refractivity contribution in [3.63, 3.8) is 0 Å². The Bertz CT molecular complexity index is 1100. The van der Waals surface area contributed by atoms with Crippen LogP contribution in [0.1, 0.15) is 44.9 Å². The average molecular weight is 538 g/mol. The largest absolute Gasteiger partial charge is 0.456 e. The second-order valence-electron chi connectivity index (χ2n) is 7.21. The van der Waals surface area contributed by atoms with Crippen molar-refractivity contribution in [3.05, 3.63) is 66.1 Å². The second-order valence-corrected chi connectivity index (χ2v) is 9.16. The number of imide groups is 1. The van der Waals surface area contributed by atoms with Crippen molar-refractivity contribution in [1.29, 1.82) is 0 Å². The number of carbonyl (C=O) groups is 4. The lowest BCUT2D eigenvalue weighted by Crippen LogP contribution is -2.49. The molecule has 1 heterocycles. The summed E-state index contributed by atoms with van der Waals surface area (Å²) < 4.78 is 5.14. The Balaban J connectivity index is 1.87. The predicted octanol–water partition coefficient (Wildman–Crippen LogP) is 6.00. The highest BCUT2D eigenvalue weighted by molar-refractivity contribution is 6.55. The number of ether oxygens (including phenoxy) is 1. The molecule has 0 aromatic heterocycles. The molecule has 0 bridgehead atoms. The van der Waals surface area contributed by atoms with Crippen molar-refractivity contribution in [1.82, 2.24) is 4.90 Å². The molecule has 2 amide bonds. The van der Waals surface area contributed by atoms with E-state index in [1.54, 1.807) is 13.8 Å². The van der Waals surface area contributed by atoms with Crippen LogP contribution in [-0.2, 0) is 9.53 Å². The van der Waals surface area contributed by atoms with Crippen LogP contribution in [0.4, 0.5) is 0 Å². The normalized spacial score (nSPS) is 14.1. The van der Waals surface area contributed by atoms with Crippen LogP contribution in [0.25, 0.3) is 0 Å². The van der Waals surface area contributed by atoms with E-state index in [-0.39, 0.29) is 36.8 Å². The molecule has 0 saturated carbocycles. The maximum atomic E-state index is 13.1. The number of amides is 2. The molecule has 32 heavy (non-hydrogen) atoms. The molecular formula is C21H14Cl5NO5. The summed E-state index contributed by atoms with van der Waals surface area (Å²) in [6, 6.07) is 4.68. The van der Waals surface area contributed by atoms with Gasteiger partial charge in [-0.05, 0) is 30.2 Å². The van der Waals surface area contributed by atoms with Crippen LogP contribution >= 0.6 is 58.0 Å². The summed E-state index contributed by atoms with van der Waals surface area (Å²) in [4.78, 5) is 52.0. The van der Waals surface area contributed by atoms with Crippen molar-refractivity contribution in [2.45, 2.75) is 19.9 Å². The van der Waals surface area contributed by atoms with Gasteiger partial charge in [0.1, 0.15) is 6.04 Å². The van der Waals surface area contributed by atoms with E-state index in [1.807, 2.05) is 0 Å². The van der Waals surface area contributed by atoms with E-state index in [9.17, 15) is 19.2 Å². The maximum absolute atomic E-state index is 13.1. The van der Waals surface area contributed by atoms with Gasteiger partial charge in [0.05, 0.1) is 31.2 Å². The number of fused-ring (bicyclic) bond motifs is 1. The highest BCUT2D eigenvalue weighted by Gasteiger charge is 2.48. The van der Waals surface area contributed by atoms with Gasteiger partial charge < -0.3 is 4.74 Å². The van der Waals surface area contributed by atoms with Crippen molar-refractivity contribution in [2.75, 3.05) is 6.61 Å². The Labute approximate surface area is 208 Å². The Morgan fingerprint density at radius 2 is 1.31 bits per heavy atom. The Morgan fingerprint density at radius 3 is 1.75 bits per heavy atom. The van der Waals surface area contributed by atoms with Gasteiger partial charge >= 0.3 is 5.97 Å². The number of carbonyl (C=O) groups excluding carboxylic acids is 4. The van der Waals surface area contributed by atoms with Crippen LogP contribution in [0.15, 0.2) is 24.3 Å². The standard InChI is InChI=1S/C21H14Cl5NO5/c1-8(2)18(21(31)32-7-11(28)9-3-5-10(22)6-4-9)27-19(29)12-13(20(27)30)15(24)17(26)16(25)14(12)23/h3-6,8,18H,7H2,1-2H3/t18-/m1/s1. The first-order valence-electron chi connectivity index (χ1n) is 9.16. The van der Waals surface area contributed by atoms with Crippen LogP contribution < -0.4 is 0 Å². The fourth-order valence-electron chi connectivity index (χ4n) is 3.24. The molecule has 1 aliphatic heterocycles. The molecule has 0 aliphatic carbocycles. The molecule has 0 radical (unpaired) electrons. The summed E-state index contributed by atoms with van der Waals surface area (Å²) in [5.41, 5.74) is -0.203. The molecule has 2 aromatic rings. The molecule has 0 fully saturated rings. The minimum absolute atomic E-state index is 0.183. The van der Waals surface area contributed by atoms with Gasteiger partial charge in [0.2, 0.25) is 0 Å². The van der Waals surface area contributed by atoms with Crippen molar-refractivity contribution < 1.29 is 23.9 Å². The van der Waals surface area contributed by atoms with Gasteiger partial charge in [0.25, 0.3) is 11.8 Å². The quantitative estimate of drug-likeness (QED) is 0.148. The van der Waals surface area contributed by atoms with Gasteiger partial charge in [-0.3, -0.25) is 19.3 Å². The van der Waals surface area contributed by atoms with E-state index >= 15 is 0 Å². The van der Waals surface area contributed by atoms with Crippen LogP contribution in [0.3, 0.4) is 0 Å². The summed E-state index contributed by atoms with van der Waals surface area (Å²) in [6.45, 7) is 2.63. The lowest BCUT2D eigenvalue weighted by molar-refractivity contribution is -0.148. The molecule has 11 heteroatoms. The monoisotopic (exact) mass is 535 g/mol. The van der Waals surface area contributed by atoms with Crippen LogP contribution in [0, 0.1) is 5.92 Å². The van der Waals surface area contributed by atoms with Gasteiger partial charge in [-0.25, -0.2) is 4.79 Å². The zero-order valence-corrected chi connectivity index (χ0v) is 20.3. The van der Waals surface area contributed by atoms with E-state index in [1.165, 1.54) is 24.3 Å². The first kappa shape index (κ1) is 24.8. The summed E-state index contributed by atoms with van der Waals surface area (Å²) >= 11 is 30.1. The third-order valence-electron chi connectivity index (χ3n) is 4.80. The number of nitrogens with zero attached hydrogens (tertiary/aromatic N) is 1. The first-order chi connectivity index (χ1) is 15.0. The third kappa shape index (κ3) is 4.35. The van der Waals surface area contributed by atoms with E-state index in [0.29, 0.717) is 9.92 Å². The number of halogens is 5. The van der Waals surface area contributed by atoms with Gasteiger partial charge in [0.15, 0.2) is 12.4 Å². The lowest BCUT2D eigenvalue weighted by Gasteiger charge is -2.27. The summed E-state index contributed by atoms with van der Waals surface area (Å²) in [5.74, 6) is -3.71. The van der Waals surface area contributed by atoms with E-state index in [2.05, 4.69) is 0 Å². The topological polar surface area (TPSA) is 80.8 Å². The fraction of sp³-hybridized carbons (Fsp3) is 0.238. The molecule has 1 atom stereocenters. The van der Waals surface area contributed by atoms with Gasteiger partial charge in [-0.1, -0.05) is 71.9 Å². The third-order valence-corrected chi connectivity index (χ3v) is 6.85. The number of benzene rings is 2. The smallest absolute Gasteiger partial charge is 0.330 e. The van der Waals surface area contributed by atoms with E-state index < -0.39 is 42.1 Å². The minimum atomic E-state index is -1.34. The van der Waals surface area contributed by atoms with Crippen molar-refractivity contribution >= 4 is 81.6 Å². The zero-order valence-electron chi connectivity index (χ0n) is 16.5. The highest BCUT2D eigenvalue weighted by Crippen LogP contribution is 2.45. The number of ketones is 1. The first-order valence-corrected chi connectivity index (χ1v) is 11.1. The Kier molecular flexibility index (Phi) is 7.42. The second kappa shape index (κ2) is 9.57. The highest BCUT2D eigenvalue weighted by atomic mass is 35.5. The molecule has 2 aromatic carbocycles. The van der Waals surface area contributed by atoms with Gasteiger partial charge in [-0.2, -0.15) is 0 Å². The molecule has 0 spiro atoms. The number of hydrogen-bond donors (Lipinski definition) is 0. The van der Waals surface area contributed by atoms with E-state index in [4.69, 9.17) is 62.7 Å². The Morgan fingerprint density at radius 1 is 0.844 bits per heavy atom. The molecular weight excluding hydrogens is 523 g/mol. The minimum Gasteiger partial charge on any atom is -0.456 e. The number of hydrogen-bond acceptors (Lipinski definition) is 5. The fourth-order valence-corrected chi connectivity index (χ4v) is 4.38. The number of Topliss-reactive ketones (excluding diaryl/α,β-unsaturated/α-hetero) is 1. The van der Waals surface area contributed by atoms with Gasteiger partial charge in [0, 0.05) is 10.6 Å². The summed E-state index contributed by atoms with van der Waals surface area (Å²) in [5, 5.41) is -0.410. The molecule has 0 saturated heterocycles.